The van der Waals surface area contributed by atoms with Gasteiger partial charge in [-0.05, 0) is 105 Å². The Balaban J connectivity index is 1.62. The molecule has 4 rings (SSSR count). The maximum Gasteiger partial charge on any atom is 0.376 e. The molecule has 36 heavy (non-hydrogen) atoms. The highest BCUT2D eigenvalue weighted by Gasteiger charge is 2.63. The lowest BCUT2D eigenvalue weighted by molar-refractivity contribution is -0.120. The molecule has 2 saturated carbocycles. The number of hydrogen-bond acceptors (Lipinski definition) is 6. The van der Waals surface area contributed by atoms with Crippen molar-refractivity contribution in [1.29, 1.82) is 0 Å². The molecule has 6 atom stereocenters. The number of nitrogens with zero attached hydrogens (tertiary/aromatic N) is 1. The van der Waals surface area contributed by atoms with Gasteiger partial charge in [-0.2, -0.15) is 0 Å². The van der Waals surface area contributed by atoms with Crippen molar-refractivity contribution in [1.82, 2.24) is 4.90 Å². The summed E-state index contributed by atoms with van der Waals surface area (Å²) in [7, 11) is 1.23. The summed E-state index contributed by atoms with van der Waals surface area (Å²) in [5.41, 5.74) is 1.26. The smallest absolute Gasteiger partial charge is 0.376 e. The van der Waals surface area contributed by atoms with Crippen LogP contribution in [0.5, 0.6) is 0 Å². The Bertz CT molecular complexity index is 963. The second-order valence-electron chi connectivity index (χ2n) is 11.8. The van der Waals surface area contributed by atoms with Crippen molar-refractivity contribution in [3.8, 4) is 0 Å². The molecule has 4 aliphatic rings. The minimum absolute atomic E-state index is 0.160. The summed E-state index contributed by atoms with van der Waals surface area (Å²) in [4.78, 5) is 2.03. The van der Waals surface area contributed by atoms with E-state index in [0.717, 1.165) is 50.7 Å². The highest BCUT2D eigenvalue weighted by molar-refractivity contribution is 7.58. The van der Waals surface area contributed by atoms with Crippen molar-refractivity contribution in [2.75, 3.05) is 34.4 Å². The van der Waals surface area contributed by atoms with Crippen LogP contribution in [0.1, 0.15) is 79.1 Å². The molecular weight excluding hydrogens is 473 g/mol. The summed E-state index contributed by atoms with van der Waals surface area (Å²) in [6.45, 7) is 10.3. The molecule has 0 spiro atoms. The first-order valence-corrected chi connectivity index (χ1v) is 15.4. The molecule has 0 bridgehead atoms. The van der Waals surface area contributed by atoms with Crippen molar-refractivity contribution in [3.63, 3.8) is 0 Å². The van der Waals surface area contributed by atoms with Gasteiger partial charge in [0.1, 0.15) is 5.44 Å². The first-order chi connectivity index (χ1) is 17.1. The van der Waals surface area contributed by atoms with E-state index in [0.29, 0.717) is 42.7 Å². The van der Waals surface area contributed by atoms with Crippen LogP contribution in [-0.4, -0.2) is 50.0 Å². The van der Waals surface area contributed by atoms with Gasteiger partial charge in [0.25, 0.3) is 0 Å². The second-order valence-corrected chi connectivity index (χ2v) is 14.0. The van der Waals surface area contributed by atoms with Gasteiger partial charge >= 0.3 is 7.60 Å². The van der Waals surface area contributed by atoms with Gasteiger partial charge in [0, 0.05) is 33.7 Å². The fourth-order valence-electron chi connectivity index (χ4n) is 8.39. The lowest BCUT2D eigenvalue weighted by atomic mass is 9.47. The molecule has 204 valence electrons. The highest BCUT2D eigenvalue weighted by atomic mass is 31.2. The number of aliphatic hydroxyl groups is 1. The standard InChI is InChI=1S/C29H48NO5P/c1-8-30(9-2)26(36(32,34-6)35-7)15-19-29(31)18-14-25-23-11-10-21-20-22(33-5)12-16-27(21,3)24(23)13-17-28(25,29)4/h10,15,20,23-25,31H,8-9,11-14,16-19H2,1-7H3/t23-,24+,25+,27+,28+,29-/m1/s1. The van der Waals surface area contributed by atoms with E-state index >= 15 is 0 Å². The van der Waals surface area contributed by atoms with Crippen molar-refractivity contribution in [2.45, 2.75) is 84.7 Å². The van der Waals surface area contributed by atoms with Gasteiger partial charge in [-0.15, -0.1) is 0 Å². The van der Waals surface area contributed by atoms with E-state index in [1.807, 2.05) is 24.8 Å². The molecule has 0 amide bonds. The van der Waals surface area contributed by atoms with Gasteiger partial charge in [0.05, 0.1) is 18.5 Å². The Hall–Kier alpha value is -1.07. The van der Waals surface area contributed by atoms with E-state index in [1.165, 1.54) is 19.8 Å². The minimum Gasteiger partial charge on any atom is -0.501 e. The van der Waals surface area contributed by atoms with Crippen LogP contribution in [0.2, 0.25) is 0 Å². The first kappa shape index (κ1) is 28.0. The third-order valence-corrected chi connectivity index (χ3v) is 12.8. The van der Waals surface area contributed by atoms with Gasteiger partial charge in [0.15, 0.2) is 0 Å². The third-order valence-electron chi connectivity index (χ3n) is 10.8. The number of rotatable bonds is 9. The van der Waals surface area contributed by atoms with Crippen LogP contribution < -0.4 is 0 Å². The number of fused-ring (bicyclic) bond motifs is 5. The van der Waals surface area contributed by atoms with E-state index in [1.54, 1.807) is 7.11 Å². The molecule has 0 aromatic carbocycles. The summed E-state index contributed by atoms with van der Waals surface area (Å²) < 4.78 is 29.8. The Kier molecular flexibility index (Phi) is 7.95. The third kappa shape index (κ3) is 4.25. The SMILES string of the molecule is CCN(CC)C(=CC[C@]1(O)CC[C@H]2[C@@H]3CC=C4C=C(OC)CC[C@]4(C)[C@H]3CC[C@@]21C)P(=O)(OC)OC. The summed E-state index contributed by atoms with van der Waals surface area (Å²) in [5, 5.41) is 12.2. The highest BCUT2D eigenvalue weighted by Crippen LogP contribution is 2.68. The average Bonchev–Trinajstić information content (AvgIpc) is 3.16. The zero-order valence-electron chi connectivity index (χ0n) is 23.5. The maximum absolute atomic E-state index is 13.4. The Morgan fingerprint density at radius 3 is 2.39 bits per heavy atom. The predicted molar refractivity (Wildman–Crippen MR) is 144 cm³/mol. The van der Waals surface area contributed by atoms with Crippen LogP contribution in [0.3, 0.4) is 0 Å². The monoisotopic (exact) mass is 521 g/mol. The predicted octanol–water partition coefficient (Wildman–Crippen LogP) is 6.88. The zero-order valence-corrected chi connectivity index (χ0v) is 24.4. The fourth-order valence-corrected chi connectivity index (χ4v) is 9.86. The average molecular weight is 522 g/mol. The van der Waals surface area contributed by atoms with Crippen LogP contribution in [-0.2, 0) is 18.3 Å². The summed E-state index contributed by atoms with van der Waals surface area (Å²) >= 11 is 0. The molecule has 0 saturated heterocycles. The van der Waals surface area contributed by atoms with E-state index in [4.69, 9.17) is 13.8 Å². The zero-order chi connectivity index (χ0) is 26.4. The molecule has 7 heteroatoms. The van der Waals surface area contributed by atoms with Crippen LogP contribution in [0, 0.1) is 28.6 Å². The molecule has 2 fully saturated rings. The largest absolute Gasteiger partial charge is 0.501 e. The van der Waals surface area contributed by atoms with Crippen LogP contribution in [0.15, 0.2) is 35.0 Å². The van der Waals surface area contributed by atoms with Gasteiger partial charge in [0.2, 0.25) is 0 Å². The van der Waals surface area contributed by atoms with Gasteiger partial charge in [-0.3, -0.25) is 4.57 Å². The summed E-state index contributed by atoms with van der Waals surface area (Å²) in [6, 6.07) is 0. The lowest BCUT2D eigenvalue weighted by Crippen LogP contribution is -2.54. The molecule has 0 aliphatic heterocycles. The molecule has 0 radical (unpaired) electrons. The van der Waals surface area contributed by atoms with E-state index in [-0.39, 0.29) is 10.8 Å². The van der Waals surface area contributed by atoms with E-state index in [2.05, 4.69) is 26.0 Å². The quantitative estimate of drug-likeness (QED) is 0.334. The Morgan fingerprint density at radius 1 is 1.11 bits per heavy atom. The van der Waals surface area contributed by atoms with Gasteiger partial charge in [-0.25, -0.2) is 0 Å². The van der Waals surface area contributed by atoms with Crippen molar-refractivity contribution < 1.29 is 23.5 Å². The summed E-state index contributed by atoms with van der Waals surface area (Å²) in [6.07, 6.45) is 14.4. The topological polar surface area (TPSA) is 68.2 Å². The molecule has 0 unspecified atom stereocenters. The molecule has 0 aromatic heterocycles. The van der Waals surface area contributed by atoms with E-state index in [9.17, 15) is 9.67 Å². The molecule has 0 aromatic rings. The Labute approximate surface area is 218 Å². The number of hydrogen-bond donors (Lipinski definition) is 1. The Morgan fingerprint density at radius 2 is 1.78 bits per heavy atom. The number of allylic oxidation sites excluding steroid dienone is 4. The fraction of sp³-hybridized carbons (Fsp3) is 0.793. The van der Waals surface area contributed by atoms with Crippen LogP contribution in [0.4, 0.5) is 0 Å². The minimum atomic E-state index is -3.43. The van der Waals surface area contributed by atoms with Crippen molar-refractivity contribution in [2.24, 2.45) is 28.6 Å². The summed E-state index contributed by atoms with van der Waals surface area (Å²) in [5.74, 6) is 2.84. The van der Waals surface area contributed by atoms with Crippen LogP contribution >= 0.6 is 7.60 Å². The van der Waals surface area contributed by atoms with Gasteiger partial charge < -0.3 is 23.8 Å². The van der Waals surface area contributed by atoms with Crippen molar-refractivity contribution >= 4 is 7.60 Å². The molecule has 0 heterocycles. The first-order valence-electron chi connectivity index (χ1n) is 13.9. The lowest BCUT2D eigenvalue weighted by Gasteiger charge is -2.58. The van der Waals surface area contributed by atoms with Crippen molar-refractivity contribution in [3.05, 3.63) is 35.0 Å². The van der Waals surface area contributed by atoms with Crippen LogP contribution in [0.25, 0.3) is 0 Å². The maximum atomic E-state index is 13.4. The number of methoxy groups -OCH3 is 1. The molecule has 6 nitrogen and oxygen atoms in total. The number of ether oxygens (including phenoxy) is 1. The molecule has 4 aliphatic carbocycles. The molecular formula is C29H48NO5P. The normalized spacial score (nSPS) is 38.4. The second kappa shape index (κ2) is 10.2. The van der Waals surface area contributed by atoms with Gasteiger partial charge in [-0.1, -0.05) is 19.9 Å². The van der Waals surface area contributed by atoms with E-state index < -0.39 is 13.2 Å². The molecule has 1 N–H and O–H groups in total.